The highest BCUT2D eigenvalue weighted by molar-refractivity contribution is 7.99. The highest BCUT2D eigenvalue weighted by atomic mass is 32.2. The van der Waals surface area contributed by atoms with Gasteiger partial charge in [0.2, 0.25) is 0 Å². The Hall–Kier alpha value is -1.26. The highest BCUT2D eigenvalue weighted by Gasteiger charge is 2.14. The van der Waals surface area contributed by atoms with E-state index in [2.05, 4.69) is 29.0 Å². The monoisotopic (exact) mass is 233 g/mol. The fourth-order valence-electron chi connectivity index (χ4n) is 1.64. The van der Waals surface area contributed by atoms with Crippen LogP contribution in [0.15, 0.2) is 41.8 Å². The smallest absolute Gasteiger partial charge is 0.165 e. The number of hydrogen-bond donors (Lipinski definition) is 2. The van der Waals surface area contributed by atoms with E-state index in [0.29, 0.717) is 6.54 Å². The van der Waals surface area contributed by atoms with Crippen LogP contribution in [0.5, 0.6) is 0 Å². The molecular formula is C12H15N3S. The molecule has 0 aliphatic carbocycles. The number of benzene rings is 1. The SMILES string of the molecule is Cc1ccccc1C(CN)Sc1ncc[nH]1. The molecule has 0 saturated carbocycles. The molecule has 1 aromatic carbocycles. The van der Waals surface area contributed by atoms with E-state index < -0.39 is 0 Å². The number of imidazole rings is 1. The summed E-state index contributed by atoms with van der Waals surface area (Å²) in [7, 11) is 0. The van der Waals surface area contributed by atoms with E-state index in [4.69, 9.17) is 5.73 Å². The van der Waals surface area contributed by atoms with Crippen molar-refractivity contribution in [3.05, 3.63) is 47.8 Å². The molecule has 1 unspecified atom stereocenters. The second-order valence-electron chi connectivity index (χ2n) is 3.59. The first-order chi connectivity index (χ1) is 7.81. The second-order valence-corrected chi connectivity index (χ2v) is 4.78. The maximum atomic E-state index is 5.83. The first-order valence-electron chi connectivity index (χ1n) is 5.23. The average molecular weight is 233 g/mol. The molecule has 1 heterocycles. The van der Waals surface area contributed by atoms with Gasteiger partial charge in [0, 0.05) is 24.2 Å². The maximum Gasteiger partial charge on any atom is 0.165 e. The Morgan fingerprint density at radius 3 is 2.88 bits per heavy atom. The standard InChI is InChI=1S/C12H15N3S/c1-9-4-2-3-5-10(9)11(8-13)16-12-14-6-7-15-12/h2-7,11H,8,13H2,1H3,(H,14,15). The third-order valence-corrected chi connectivity index (χ3v) is 3.65. The first-order valence-corrected chi connectivity index (χ1v) is 6.11. The number of nitrogens with one attached hydrogen (secondary N) is 1. The number of aromatic nitrogens is 2. The van der Waals surface area contributed by atoms with Crippen molar-refractivity contribution in [3.8, 4) is 0 Å². The maximum absolute atomic E-state index is 5.83. The van der Waals surface area contributed by atoms with Crippen LogP contribution in [0.4, 0.5) is 0 Å². The van der Waals surface area contributed by atoms with Crippen molar-refractivity contribution in [2.24, 2.45) is 5.73 Å². The van der Waals surface area contributed by atoms with E-state index in [0.717, 1.165) is 5.16 Å². The van der Waals surface area contributed by atoms with Gasteiger partial charge in [-0.15, -0.1) is 0 Å². The minimum absolute atomic E-state index is 0.257. The number of H-pyrrole nitrogens is 1. The molecular weight excluding hydrogens is 218 g/mol. The van der Waals surface area contributed by atoms with E-state index in [-0.39, 0.29) is 5.25 Å². The fraction of sp³-hybridized carbons (Fsp3) is 0.250. The topological polar surface area (TPSA) is 54.7 Å². The highest BCUT2D eigenvalue weighted by Crippen LogP contribution is 2.33. The fourth-order valence-corrected chi connectivity index (χ4v) is 2.65. The van der Waals surface area contributed by atoms with E-state index in [1.54, 1.807) is 18.0 Å². The summed E-state index contributed by atoms with van der Waals surface area (Å²) in [6.45, 7) is 2.72. The summed E-state index contributed by atoms with van der Waals surface area (Å²) < 4.78 is 0. The van der Waals surface area contributed by atoms with Crippen molar-refractivity contribution in [1.82, 2.24) is 9.97 Å². The van der Waals surface area contributed by atoms with Crippen LogP contribution in [0.3, 0.4) is 0 Å². The van der Waals surface area contributed by atoms with Gasteiger partial charge in [0.05, 0.1) is 0 Å². The van der Waals surface area contributed by atoms with Crippen LogP contribution in [0.2, 0.25) is 0 Å². The molecule has 84 valence electrons. The van der Waals surface area contributed by atoms with Crippen LogP contribution in [-0.4, -0.2) is 16.5 Å². The largest absolute Gasteiger partial charge is 0.340 e. The van der Waals surface area contributed by atoms with Crippen LogP contribution < -0.4 is 5.73 Å². The third-order valence-electron chi connectivity index (χ3n) is 2.48. The van der Waals surface area contributed by atoms with Crippen molar-refractivity contribution in [1.29, 1.82) is 0 Å². The molecule has 3 N–H and O–H groups in total. The molecule has 2 rings (SSSR count). The molecule has 1 aromatic heterocycles. The van der Waals surface area contributed by atoms with Crippen molar-refractivity contribution in [3.63, 3.8) is 0 Å². The average Bonchev–Trinajstić information content (AvgIpc) is 2.80. The number of hydrogen-bond acceptors (Lipinski definition) is 3. The zero-order valence-corrected chi connectivity index (χ0v) is 10.00. The Morgan fingerprint density at radius 2 is 2.25 bits per heavy atom. The lowest BCUT2D eigenvalue weighted by Gasteiger charge is -2.15. The lowest BCUT2D eigenvalue weighted by Crippen LogP contribution is -2.10. The van der Waals surface area contributed by atoms with Gasteiger partial charge in [-0.05, 0) is 18.1 Å². The summed E-state index contributed by atoms with van der Waals surface area (Å²) in [4.78, 5) is 7.30. The molecule has 0 radical (unpaired) electrons. The Balaban J connectivity index is 2.20. The number of nitrogens with two attached hydrogens (primary N) is 1. The molecule has 4 heteroatoms. The summed E-state index contributed by atoms with van der Waals surface area (Å²) >= 11 is 1.67. The second kappa shape index (κ2) is 5.18. The Morgan fingerprint density at radius 1 is 1.44 bits per heavy atom. The molecule has 3 nitrogen and oxygen atoms in total. The lowest BCUT2D eigenvalue weighted by molar-refractivity contribution is 0.918. The van der Waals surface area contributed by atoms with Crippen LogP contribution in [0.1, 0.15) is 16.4 Å². The predicted molar refractivity (Wildman–Crippen MR) is 67.4 cm³/mol. The Bertz CT molecular complexity index is 439. The minimum atomic E-state index is 0.257. The summed E-state index contributed by atoms with van der Waals surface area (Å²) in [5, 5.41) is 1.17. The minimum Gasteiger partial charge on any atom is -0.340 e. The van der Waals surface area contributed by atoms with Gasteiger partial charge in [-0.2, -0.15) is 0 Å². The van der Waals surface area contributed by atoms with E-state index in [9.17, 15) is 0 Å². The molecule has 2 aromatic rings. The number of aromatic amines is 1. The number of nitrogens with zero attached hydrogens (tertiary/aromatic N) is 1. The number of rotatable bonds is 4. The number of aryl methyl sites for hydroxylation is 1. The molecule has 0 spiro atoms. The quantitative estimate of drug-likeness (QED) is 0.798. The predicted octanol–water partition coefficient (Wildman–Crippen LogP) is 2.51. The van der Waals surface area contributed by atoms with Crippen molar-refractivity contribution in [2.75, 3.05) is 6.54 Å². The Kier molecular flexibility index (Phi) is 3.64. The summed E-state index contributed by atoms with van der Waals surface area (Å²) in [6, 6.07) is 8.33. The summed E-state index contributed by atoms with van der Waals surface area (Å²) in [5.41, 5.74) is 8.39. The molecule has 0 amide bonds. The van der Waals surface area contributed by atoms with Crippen molar-refractivity contribution in [2.45, 2.75) is 17.3 Å². The van der Waals surface area contributed by atoms with Crippen molar-refractivity contribution >= 4 is 11.8 Å². The van der Waals surface area contributed by atoms with Crippen LogP contribution in [0.25, 0.3) is 0 Å². The molecule has 0 aliphatic heterocycles. The normalized spacial score (nSPS) is 12.6. The summed E-state index contributed by atoms with van der Waals surface area (Å²) in [6.07, 6.45) is 3.58. The van der Waals surface area contributed by atoms with E-state index in [1.165, 1.54) is 11.1 Å². The molecule has 1 atom stereocenters. The van der Waals surface area contributed by atoms with E-state index in [1.807, 2.05) is 18.3 Å². The van der Waals surface area contributed by atoms with E-state index >= 15 is 0 Å². The lowest BCUT2D eigenvalue weighted by atomic mass is 10.1. The summed E-state index contributed by atoms with van der Waals surface area (Å²) in [5.74, 6) is 0. The molecule has 0 fully saturated rings. The van der Waals surface area contributed by atoms with Gasteiger partial charge in [-0.25, -0.2) is 4.98 Å². The molecule has 0 saturated heterocycles. The van der Waals surface area contributed by atoms with Gasteiger partial charge < -0.3 is 10.7 Å². The van der Waals surface area contributed by atoms with Crippen molar-refractivity contribution < 1.29 is 0 Å². The van der Waals surface area contributed by atoms with Gasteiger partial charge >= 0.3 is 0 Å². The zero-order chi connectivity index (χ0) is 11.4. The van der Waals surface area contributed by atoms with Crippen LogP contribution in [0, 0.1) is 6.92 Å². The zero-order valence-electron chi connectivity index (χ0n) is 9.18. The van der Waals surface area contributed by atoms with Gasteiger partial charge in [-0.1, -0.05) is 36.0 Å². The van der Waals surface area contributed by atoms with Gasteiger partial charge in [0.25, 0.3) is 0 Å². The van der Waals surface area contributed by atoms with Gasteiger partial charge in [-0.3, -0.25) is 0 Å². The van der Waals surface area contributed by atoms with Crippen LogP contribution in [-0.2, 0) is 0 Å². The molecule has 0 aliphatic rings. The molecule has 16 heavy (non-hydrogen) atoms. The Labute approximate surface area is 99.5 Å². The van der Waals surface area contributed by atoms with Gasteiger partial charge in [0.15, 0.2) is 5.16 Å². The molecule has 0 bridgehead atoms. The first kappa shape index (κ1) is 11.2. The van der Waals surface area contributed by atoms with Crippen LogP contribution >= 0.6 is 11.8 Å². The third kappa shape index (κ3) is 2.46. The van der Waals surface area contributed by atoms with Gasteiger partial charge in [0.1, 0.15) is 0 Å². The number of thioether (sulfide) groups is 1.